The summed E-state index contributed by atoms with van der Waals surface area (Å²) in [7, 11) is 1.54. The number of hydrogen-bond acceptors (Lipinski definition) is 4. The third kappa shape index (κ3) is 4.53. The smallest absolute Gasteiger partial charge is 0.251 e. The molecule has 1 fully saturated rings. The predicted octanol–water partition coefficient (Wildman–Crippen LogP) is 2.66. The average Bonchev–Trinajstić information content (AvgIpc) is 3.21. The Morgan fingerprint density at radius 2 is 1.81 bits per heavy atom. The van der Waals surface area contributed by atoms with E-state index in [4.69, 9.17) is 4.74 Å². The van der Waals surface area contributed by atoms with Gasteiger partial charge in [-0.3, -0.25) is 9.59 Å². The first-order chi connectivity index (χ1) is 12.7. The summed E-state index contributed by atoms with van der Waals surface area (Å²) in [6.07, 6.45) is 2.46. The number of nitrogens with one attached hydrogen (secondary N) is 2. The molecule has 6 nitrogen and oxygen atoms in total. The van der Waals surface area contributed by atoms with Gasteiger partial charge in [0.25, 0.3) is 5.91 Å². The zero-order valence-electron chi connectivity index (χ0n) is 14.8. The summed E-state index contributed by atoms with van der Waals surface area (Å²) in [6.45, 7) is 2.08. The molecule has 26 heavy (non-hydrogen) atoms. The SMILES string of the molecule is COc1cccc(C(=O)NCC(=O)Nc2ccc(N3CCCC3)cc2)c1. The van der Waals surface area contributed by atoms with Gasteiger partial charge in [-0.25, -0.2) is 0 Å². The van der Waals surface area contributed by atoms with Crippen molar-refractivity contribution in [1.29, 1.82) is 0 Å². The van der Waals surface area contributed by atoms with Crippen LogP contribution in [0.15, 0.2) is 48.5 Å². The Bertz CT molecular complexity index is 768. The van der Waals surface area contributed by atoms with Crippen LogP contribution in [0, 0.1) is 0 Å². The van der Waals surface area contributed by atoms with E-state index in [0.717, 1.165) is 13.1 Å². The molecule has 0 bridgehead atoms. The summed E-state index contributed by atoms with van der Waals surface area (Å²) in [4.78, 5) is 26.5. The molecule has 2 aromatic rings. The highest BCUT2D eigenvalue weighted by Gasteiger charge is 2.12. The minimum absolute atomic E-state index is 0.0933. The van der Waals surface area contributed by atoms with Gasteiger partial charge in [-0.15, -0.1) is 0 Å². The fourth-order valence-electron chi connectivity index (χ4n) is 2.96. The minimum Gasteiger partial charge on any atom is -0.497 e. The molecular weight excluding hydrogens is 330 g/mol. The Balaban J connectivity index is 1.49. The van der Waals surface area contributed by atoms with Crippen LogP contribution in [0.2, 0.25) is 0 Å². The zero-order valence-corrected chi connectivity index (χ0v) is 14.8. The van der Waals surface area contributed by atoms with Gasteiger partial charge in [0, 0.05) is 30.0 Å². The molecule has 2 N–H and O–H groups in total. The summed E-state index contributed by atoms with van der Waals surface area (Å²) < 4.78 is 5.09. The van der Waals surface area contributed by atoms with Crippen LogP contribution in [0.4, 0.5) is 11.4 Å². The lowest BCUT2D eigenvalue weighted by Crippen LogP contribution is -2.32. The maximum atomic E-state index is 12.1. The fourth-order valence-corrected chi connectivity index (χ4v) is 2.96. The van der Waals surface area contributed by atoms with Crippen LogP contribution in [0.5, 0.6) is 5.75 Å². The molecule has 1 aliphatic heterocycles. The molecule has 6 heteroatoms. The van der Waals surface area contributed by atoms with Gasteiger partial charge in [0.2, 0.25) is 5.91 Å². The molecule has 0 saturated carbocycles. The van der Waals surface area contributed by atoms with E-state index in [-0.39, 0.29) is 18.4 Å². The molecule has 136 valence electrons. The monoisotopic (exact) mass is 353 g/mol. The van der Waals surface area contributed by atoms with Crippen molar-refractivity contribution < 1.29 is 14.3 Å². The third-order valence-electron chi connectivity index (χ3n) is 4.36. The molecule has 1 saturated heterocycles. The first kappa shape index (κ1) is 17.8. The van der Waals surface area contributed by atoms with E-state index < -0.39 is 0 Å². The van der Waals surface area contributed by atoms with Crippen LogP contribution in [-0.4, -0.2) is 38.6 Å². The molecule has 1 heterocycles. The summed E-state index contributed by atoms with van der Waals surface area (Å²) in [5.74, 6) is 0.0128. The third-order valence-corrected chi connectivity index (χ3v) is 4.36. The van der Waals surface area contributed by atoms with Crippen molar-refractivity contribution in [3.05, 3.63) is 54.1 Å². The number of amides is 2. The average molecular weight is 353 g/mol. The van der Waals surface area contributed by atoms with Gasteiger partial charge in [-0.1, -0.05) is 6.07 Å². The van der Waals surface area contributed by atoms with Gasteiger partial charge in [0.1, 0.15) is 5.75 Å². The Labute approximate surface area is 153 Å². The molecule has 0 unspecified atom stereocenters. The van der Waals surface area contributed by atoms with Crippen molar-refractivity contribution in [3.63, 3.8) is 0 Å². The molecule has 0 aliphatic carbocycles. The molecule has 0 radical (unpaired) electrons. The molecule has 0 aromatic heterocycles. The van der Waals surface area contributed by atoms with Gasteiger partial charge in [-0.05, 0) is 55.3 Å². The number of nitrogens with zero attached hydrogens (tertiary/aromatic N) is 1. The van der Waals surface area contributed by atoms with Gasteiger partial charge in [0.15, 0.2) is 0 Å². The highest BCUT2D eigenvalue weighted by molar-refractivity contribution is 5.99. The van der Waals surface area contributed by atoms with E-state index in [1.807, 2.05) is 24.3 Å². The topological polar surface area (TPSA) is 70.7 Å². The highest BCUT2D eigenvalue weighted by Crippen LogP contribution is 2.22. The van der Waals surface area contributed by atoms with E-state index >= 15 is 0 Å². The number of ether oxygens (including phenoxy) is 1. The number of rotatable bonds is 6. The summed E-state index contributed by atoms with van der Waals surface area (Å²) >= 11 is 0. The Kier molecular flexibility index (Phi) is 5.73. The van der Waals surface area contributed by atoms with Crippen LogP contribution in [-0.2, 0) is 4.79 Å². The summed E-state index contributed by atoms with van der Waals surface area (Å²) in [6, 6.07) is 14.6. The van der Waals surface area contributed by atoms with Crippen LogP contribution >= 0.6 is 0 Å². The lowest BCUT2D eigenvalue weighted by atomic mass is 10.2. The van der Waals surface area contributed by atoms with E-state index in [1.54, 1.807) is 31.4 Å². The molecule has 2 aromatic carbocycles. The van der Waals surface area contributed by atoms with Gasteiger partial charge in [-0.2, -0.15) is 0 Å². The number of hydrogen-bond donors (Lipinski definition) is 2. The predicted molar refractivity (Wildman–Crippen MR) is 102 cm³/mol. The largest absolute Gasteiger partial charge is 0.497 e. The molecule has 2 amide bonds. The van der Waals surface area contributed by atoms with Gasteiger partial charge >= 0.3 is 0 Å². The lowest BCUT2D eigenvalue weighted by Gasteiger charge is -2.17. The highest BCUT2D eigenvalue weighted by atomic mass is 16.5. The van der Waals surface area contributed by atoms with Crippen LogP contribution < -0.4 is 20.3 Å². The van der Waals surface area contributed by atoms with Crippen molar-refractivity contribution >= 4 is 23.2 Å². The number of carbonyl (C=O) groups is 2. The summed E-state index contributed by atoms with van der Waals surface area (Å²) in [5.41, 5.74) is 2.34. The fraction of sp³-hybridized carbons (Fsp3) is 0.300. The quantitative estimate of drug-likeness (QED) is 0.838. The molecule has 0 spiro atoms. The summed E-state index contributed by atoms with van der Waals surface area (Å²) in [5, 5.41) is 5.40. The Morgan fingerprint density at radius 1 is 1.08 bits per heavy atom. The van der Waals surface area contributed by atoms with E-state index in [9.17, 15) is 9.59 Å². The maximum absolute atomic E-state index is 12.1. The zero-order chi connectivity index (χ0) is 18.4. The Hall–Kier alpha value is -3.02. The Morgan fingerprint density at radius 3 is 2.50 bits per heavy atom. The standard InChI is InChI=1S/C20H23N3O3/c1-26-18-6-4-5-15(13-18)20(25)21-14-19(24)22-16-7-9-17(10-8-16)23-11-2-3-12-23/h4-10,13H,2-3,11-12,14H2,1H3,(H,21,25)(H,22,24). The molecule has 0 atom stereocenters. The van der Waals surface area contributed by atoms with Crippen molar-refractivity contribution in [2.24, 2.45) is 0 Å². The second-order valence-electron chi connectivity index (χ2n) is 6.20. The van der Waals surface area contributed by atoms with E-state index in [0.29, 0.717) is 17.0 Å². The van der Waals surface area contributed by atoms with Crippen molar-refractivity contribution in [2.75, 3.05) is 37.0 Å². The first-order valence-electron chi connectivity index (χ1n) is 8.73. The van der Waals surface area contributed by atoms with Gasteiger partial charge in [0.05, 0.1) is 13.7 Å². The second-order valence-corrected chi connectivity index (χ2v) is 6.20. The van der Waals surface area contributed by atoms with Crippen molar-refractivity contribution in [1.82, 2.24) is 5.32 Å². The van der Waals surface area contributed by atoms with Crippen molar-refractivity contribution in [2.45, 2.75) is 12.8 Å². The molecular formula is C20H23N3O3. The van der Waals surface area contributed by atoms with Crippen LogP contribution in [0.3, 0.4) is 0 Å². The van der Waals surface area contributed by atoms with E-state index in [2.05, 4.69) is 15.5 Å². The number of methoxy groups -OCH3 is 1. The van der Waals surface area contributed by atoms with Gasteiger partial charge < -0.3 is 20.3 Å². The normalized spacial score (nSPS) is 13.3. The van der Waals surface area contributed by atoms with Crippen LogP contribution in [0.25, 0.3) is 0 Å². The number of anilines is 2. The maximum Gasteiger partial charge on any atom is 0.251 e. The van der Waals surface area contributed by atoms with E-state index in [1.165, 1.54) is 18.5 Å². The lowest BCUT2D eigenvalue weighted by molar-refractivity contribution is -0.115. The first-order valence-corrected chi connectivity index (χ1v) is 8.73. The number of benzene rings is 2. The van der Waals surface area contributed by atoms with Crippen LogP contribution in [0.1, 0.15) is 23.2 Å². The minimum atomic E-state index is -0.316. The van der Waals surface area contributed by atoms with Crippen molar-refractivity contribution in [3.8, 4) is 5.75 Å². The molecule has 1 aliphatic rings. The molecule has 3 rings (SSSR count). The number of carbonyl (C=O) groups excluding carboxylic acids is 2. The second kappa shape index (κ2) is 8.38.